The summed E-state index contributed by atoms with van der Waals surface area (Å²) < 4.78 is 2.00. The second kappa shape index (κ2) is 11.3. The summed E-state index contributed by atoms with van der Waals surface area (Å²) in [5.74, 6) is 1.76. The molecule has 1 aromatic carbocycles. The van der Waals surface area contributed by atoms with E-state index in [1.165, 1.54) is 0 Å². The lowest BCUT2D eigenvalue weighted by molar-refractivity contribution is -0.135. The molecule has 1 aliphatic rings. The lowest BCUT2D eigenvalue weighted by atomic mass is 9.96. The van der Waals surface area contributed by atoms with E-state index in [1.807, 2.05) is 72.8 Å². The average molecular weight is 477 g/mol. The van der Waals surface area contributed by atoms with Crippen molar-refractivity contribution in [1.29, 1.82) is 0 Å². The number of amides is 2. The highest BCUT2D eigenvalue weighted by atomic mass is 16.2. The zero-order valence-electron chi connectivity index (χ0n) is 21.0. The Bertz CT molecular complexity index is 1150. The molecule has 1 unspecified atom stereocenters. The number of rotatable bonds is 9. The van der Waals surface area contributed by atoms with E-state index in [4.69, 9.17) is 0 Å². The van der Waals surface area contributed by atoms with Gasteiger partial charge in [-0.05, 0) is 56.9 Å². The van der Waals surface area contributed by atoms with E-state index >= 15 is 0 Å². The van der Waals surface area contributed by atoms with Crippen LogP contribution in [0.25, 0.3) is 16.7 Å². The Morgan fingerprint density at radius 1 is 1.06 bits per heavy atom. The van der Waals surface area contributed by atoms with Crippen LogP contribution in [-0.4, -0.2) is 64.2 Å². The number of hydrogen-bond acceptors (Lipinski definition) is 5. The number of hydrogen-bond donors (Lipinski definition) is 1. The number of piperidine rings is 1. The minimum atomic E-state index is -0.0000632. The largest absolute Gasteiger partial charge is 0.356 e. The third-order valence-corrected chi connectivity index (χ3v) is 6.77. The molecule has 0 aliphatic carbocycles. The topological polar surface area (TPSA) is 83.4 Å². The lowest BCUT2D eigenvalue weighted by Crippen LogP contribution is -2.45. The van der Waals surface area contributed by atoms with E-state index in [9.17, 15) is 9.59 Å². The van der Waals surface area contributed by atoms with Crippen molar-refractivity contribution < 1.29 is 9.59 Å². The van der Waals surface area contributed by atoms with Crippen LogP contribution < -0.4 is 10.2 Å². The van der Waals surface area contributed by atoms with Crippen molar-refractivity contribution in [3.05, 3.63) is 48.2 Å². The number of nitrogens with one attached hydrogen (secondary N) is 1. The fourth-order valence-electron chi connectivity index (χ4n) is 4.88. The molecule has 1 atom stereocenters. The quantitative estimate of drug-likeness (QED) is 0.510. The van der Waals surface area contributed by atoms with Crippen LogP contribution >= 0.6 is 0 Å². The summed E-state index contributed by atoms with van der Waals surface area (Å²) in [4.78, 5) is 29.3. The van der Waals surface area contributed by atoms with Crippen LogP contribution in [0.4, 0.5) is 5.82 Å². The van der Waals surface area contributed by atoms with Gasteiger partial charge in [-0.25, -0.2) is 0 Å². The Labute approximate surface area is 207 Å². The summed E-state index contributed by atoms with van der Waals surface area (Å²) in [6, 6.07) is 12.0. The van der Waals surface area contributed by atoms with E-state index < -0.39 is 0 Å². The third-order valence-electron chi connectivity index (χ3n) is 6.77. The fourth-order valence-corrected chi connectivity index (χ4v) is 4.88. The first kappa shape index (κ1) is 24.7. The highest BCUT2D eigenvalue weighted by Crippen LogP contribution is 2.26. The van der Waals surface area contributed by atoms with Crippen LogP contribution in [0.2, 0.25) is 0 Å². The molecule has 3 heterocycles. The predicted octanol–water partition coefficient (Wildman–Crippen LogP) is 3.57. The van der Waals surface area contributed by atoms with Crippen LogP contribution in [0.5, 0.6) is 0 Å². The van der Waals surface area contributed by atoms with E-state index in [0.29, 0.717) is 25.3 Å². The second-order valence-corrected chi connectivity index (χ2v) is 9.11. The van der Waals surface area contributed by atoms with Gasteiger partial charge in [0.1, 0.15) is 0 Å². The van der Waals surface area contributed by atoms with Gasteiger partial charge >= 0.3 is 0 Å². The number of nitrogens with zero attached hydrogens (tertiary/aromatic N) is 5. The molecule has 0 bridgehead atoms. The Balaban J connectivity index is 1.53. The first-order chi connectivity index (χ1) is 17.0. The zero-order chi connectivity index (χ0) is 24.8. The molecule has 2 aromatic heterocycles. The SMILES string of the molecule is CCCNC(=O)Cc1cn(-c2ccc(N3CCCC(C(=O)N(CC)CC)C3)nn2)c2ccccc12. The van der Waals surface area contributed by atoms with Gasteiger partial charge in [-0.3, -0.25) is 14.2 Å². The molecule has 0 spiro atoms. The van der Waals surface area contributed by atoms with Gasteiger partial charge in [0.05, 0.1) is 17.9 Å². The number of aromatic nitrogens is 3. The van der Waals surface area contributed by atoms with Crippen molar-refractivity contribution in [2.24, 2.45) is 5.92 Å². The monoisotopic (exact) mass is 476 g/mol. The van der Waals surface area contributed by atoms with Gasteiger partial charge in [0.2, 0.25) is 11.8 Å². The summed E-state index contributed by atoms with van der Waals surface area (Å²) in [5, 5.41) is 13.1. The Kier molecular flexibility index (Phi) is 8.00. The van der Waals surface area contributed by atoms with Crippen molar-refractivity contribution in [2.75, 3.05) is 37.6 Å². The molecule has 0 radical (unpaired) electrons. The van der Waals surface area contributed by atoms with Crippen LogP contribution in [0.1, 0.15) is 45.6 Å². The molecule has 1 N–H and O–H groups in total. The predicted molar refractivity (Wildman–Crippen MR) is 139 cm³/mol. The molecule has 35 heavy (non-hydrogen) atoms. The molecular formula is C27H36N6O2. The van der Waals surface area contributed by atoms with Gasteiger partial charge in [0.15, 0.2) is 11.6 Å². The van der Waals surface area contributed by atoms with Crippen molar-refractivity contribution in [3.8, 4) is 5.82 Å². The summed E-state index contributed by atoms with van der Waals surface area (Å²) >= 11 is 0. The Morgan fingerprint density at radius 2 is 1.80 bits per heavy atom. The number of carbonyl (C=O) groups is 2. The van der Waals surface area contributed by atoms with Crippen molar-refractivity contribution in [3.63, 3.8) is 0 Å². The van der Waals surface area contributed by atoms with Crippen molar-refractivity contribution in [2.45, 2.75) is 46.5 Å². The summed E-state index contributed by atoms with van der Waals surface area (Å²) in [6.07, 6.45) is 5.11. The summed E-state index contributed by atoms with van der Waals surface area (Å²) in [6.45, 7) is 9.82. The molecule has 8 nitrogen and oxygen atoms in total. The van der Waals surface area contributed by atoms with E-state index in [0.717, 1.165) is 61.2 Å². The van der Waals surface area contributed by atoms with Crippen LogP contribution in [0.15, 0.2) is 42.6 Å². The molecule has 1 saturated heterocycles. The average Bonchev–Trinajstić information content (AvgIpc) is 3.26. The standard InChI is InChI=1S/C27H36N6O2/c1-4-15-28-26(34)17-21-19-33(23-12-8-7-11-22(21)23)25-14-13-24(29-30-25)32-16-9-10-20(18-32)27(35)31(5-2)6-3/h7-8,11-14,19-20H,4-6,9-10,15-18H2,1-3H3,(H,28,34). The smallest absolute Gasteiger partial charge is 0.227 e. The number of fused-ring (bicyclic) bond motifs is 1. The molecule has 1 fully saturated rings. The summed E-state index contributed by atoms with van der Waals surface area (Å²) in [5.41, 5.74) is 1.96. The van der Waals surface area contributed by atoms with E-state index in [2.05, 4.69) is 20.4 Å². The van der Waals surface area contributed by atoms with Gasteiger partial charge in [-0.2, -0.15) is 0 Å². The molecule has 8 heteroatoms. The normalized spacial score (nSPS) is 15.9. The fraction of sp³-hybridized carbons (Fsp3) is 0.481. The van der Waals surface area contributed by atoms with Crippen molar-refractivity contribution in [1.82, 2.24) is 25.0 Å². The maximum Gasteiger partial charge on any atom is 0.227 e. The first-order valence-electron chi connectivity index (χ1n) is 12.8. The highest BCUT2D eigenvalue weighted by molar-refractivity contribution is 5.90. The number of para-hydroxylation sites is 1. The van der Waals surface area contributed by atoms with Gasteiger partial charge in [0, 0.05) is 44.3 Å². The lowest BCUT2D eigenvalue weighted by Gasteiger charge is -2.34. The van der Waals surface area contributed by atoms with Gasteiger partial charge in [0.25, 0.3) is 0 Å². The van der Waals surface area contributed by atoms with Crippen molar-refractivity contribution >= 4 is 28.5 Å². The third kappa shape index (κ3) is 5.47. The van der Waals surface area contributed by atoms with Crippen LogP contribution in [-0.2, 0) is 16.0 Å². The highest BCUT2D eigenvalue weighted by Gasteiger charge is 2.29. The zero-order valence-corrected chi connectivity index (χ0v) is 21.0. The van der Waals surface area contributed by atoms with Gasteiger partial charge in [-0.15, -0.1) is 10.2 Å². The number of anilines is 1. The molecule has 4 rings (SSSR count). The van der Waals surface area contributed by atoms with Gasteiger partial charge < -0.3 is 15.1 Å². The maximum absolute atomic E-state index is 12.9. The molecular weight excluding hydrogens is 440 g/mol. The van der Waals surface area contributed by atoms with Gasteiger partial charge in [-0.1, -0.05) is 25.1 Å². The minimum Gasteiger partial charge on any atom is -0.356 e. The molecule has 2 amide bonds. The molecule has 1 aliphatic heterocycles. The molecule has 186 valence electrons. The van der Waals surface area contributed by atoms with Crippen LogP contribution in [0.3, 0.4) is 0 Å². The van der Waals surface area contributed by atoms with E-state index in [1.54, 1.807) is 0 Å². The second-order valence-electron chi connectivity index (χ2n) is 9.11. The molecule has 3 aromatic rings. The van der Waals surface area contributed by atoms with Crippen LogP contribution in [0, 0.1) is 5.92 Å². The molecule has 0 saturated carbocycles. The Hall–Kier alpha value is -3.42. The minimum absolute atomic E-state index is 0.0000632. The van der Waals surface area contributed by atoms with E-state index in [-0.39, 0.29) is 17.7 Å². The number of benzene rings is 1. The Morgan fingerprint density at radius 3 is 2.51 bits per heavy atom. The maximum atomic E-state index is 12.9. The number of carbonyl (C=O) groups excluding carboxylic acids is 2. The first-order valence-corrected chi connectivity index (χ1v) is 12.8. The summed E-state index contributed by atoms with van der Waals surface area (Å²) in [7, 11) is 0.